The maximum atomic E-state index is 13.3. The number of nitrogens with one attached hydrogen (secondary N) is 1. The summed E-state index contributed by atoms with van der Waals surface area (Å²) < 4.78 is 22.3. The molecule has 264 valence electrons. The van der Waals surface area contributed by atoms with E-state index in [0.29, 0.717) is 46.9 Å². The first-order valence-corrected chi connectivity index (χ1v) is 18.2. The number of imide groups is 1. The molecule has 6 atom stereocenters. The first-order chi connectivity index (χ1) is 24.7. The van der Waals surface area contributed by atoms with Crippen LogP contribution in [0.5, 0.6) is 17.2 Å². The van der Waals surface area contributed by atoms with Gasteiger partial charge in [0.1, 0.15) is 48.8 Å². The summed E-state index contributed by atoms with van der Waals surface area (Å²) in [4.78, 5) is 39.2. The normalized spacial score (nSPS) is 22.2. The molecule has 13 heteroatoms. The summed E-state index contributed by atoms with van der Waals surface area (Å²) in [6.45, 7) is 0.0752. The summed E-state index contributed by atoms with van der Waals surface area (Å²) in [7, 11) is 1.57. The van der Waals surface area contributed by atoms with Gasteiger partial charge in [-0.15, -0.1) is 0 Å². The number of hydrogen-bond donors (Lipinski definition) is 3. The van der Waals surface area contributed by atoms with Gasteiger partial charge in [0.25, 0.3) is 10.5 Å². The molecule has 4 aromatic rings. The van der Waals surface area contributed by atoms with Crippen molar-refractivity contribution in [1.29, 1.82) is 0 Å². The molecular weight excluding hydrogens is 693 g/mol. The van der Waals surface area contributed by atoms with Gasteiger partial charge in [-0.25, -0.2) is 4.90 Å². The fourth-order valence-corrected chi connectivity index (χ4v) is 8.08. The molecule has 51 heavy (non-hydrogen) atoms. The van der Waals surface area contributed by atoms with Gasteiger partial charge in [0, 0.05) is 5.25 Å². The number of hydrogen-bond acceptors (Lipinski definition) is 11. The predicted octanol–water partition coefficient (Wildman–Crippen LogP) is 5.82. The molecule has 0 spiro atoms. The molecule has 4 aromatic carbocycles. The second-order valence-corrected chi connectivity index (χ2v) is 14.7. The molecule has 4 unspecified atom stereocenters. The maximum absolute atomic E-state index is 13.3. The lowest BCUT2D eigenvalue weighted by molar-refractivity contribution is -0.117. The van der Waals surface area contributed by atoms with E-state index in [2.05, 4.69) is 5.32 Å². The largest absolute Gasteiger partial charge is 0.497 e. The molecular formula is C38H36N2O9S2. The zero-order valence-corrected chi connectivity index (χ0v) is 29.2. The Bertz CT molecular complexity index is 1870. The van der Waals surface area contributed by atoms with Crippen molar-refractivity contribution in [3.8, 4) is 17.2 Å². The Kier molecular flexibility index (Phi) is 10.5. The average Bonchev–Trinajstić information content (AvgIpc) is 3.88. The second kappa shape index (κ2) is 15.4. The highest BCUT2D eigenvalue weighted by molar-refractivity contribution is 8.15. The molecule has 0 aromatic heterocycles. The van der Waals surface area contributed by atoms with E-state index in [1.165, 1.54) is 16.7 Å². The number of nitrogens with zero attached hydrogens (tertiary/aromatic N) is 1. The lowest BCUT2D eigenvalue weighted by atomic mass is 10.1. The molecule has 3 saturated heterocycles. The molecule has 3 N–H and O–H groups in total. The van der Waals surface area contributed by atoms with Crippen molar-refractivity contribution < 1.29 is 43.5 Å². The number of methoxy groups -OCH3 is 1. The van der Waals surface area contributed by atoms with E-state index in [4.69, 9.17) is 18.9 Å². The molecule has 0 bridgehead atoms. The fraction of sp³-hybridized carbons (Fsp3) is 0.289. The molecule has 3 amide bonds. The van der Waals surface area contributed by atoms with Crippen LogP contribution >= 0.6 is 23.5 Å². The number of ether oxygens (including phenoxy) is 4. The zero-order valence-electron chi connectivity index (χ0n) is 27.5. The van der Waals surface area contributed by atoms with Crippen molar-refractivity contribution in [2.45, 2.75) is 47.9 Å². The first kappa shape index (κ1) is 34.9. The molecule has 7 rings (SSSR count). The van der Waals surface area contributed by atoms with E-state index in [1.54, 1.807) is 67.8 Å². The Labute approximate surface area is 303 Å². The third kappa shape index (κ3) is 8.35. The van der Waals surface area contributed by atoms with Crippen LogP contribution in [0.15, 0.2) is 97.1 Å². The Morgan fingerprint density at radius 2 is 1.39 bits per heavy atom. The standard InChI is InChI=1S/C38H36N2O9S2/c1-46-29-4-2-3-25(19-29)31(42)21-48-28-15-7-23(8-16-28)18-33-36(43)40(38(45)51-33)26-11-9-24(10-12-26)30(41)20-47-27-13-5-22(6-14-27)17-32-34-35(49-34)39-37(44)50-32/h2-16,19,30-35,41-42H,17-18,20-21H2,1H3,(H,39,44)/t30-,31-,32?,33?,34?,35?/m1/s1. The van der Waals surface area contributed by atoms with Gasteiger partial charge in [-0.05, 0) is 83.6 Å². The van der Waals surface area contributed by atoms with Crippen LogP contribution in [0.2, 0.25) is 0 Å². The molecule has 0 radical (unpaired) electrons. The van der Waals surface area contributed by atoms with Gasteiger partial charge in [0.15, 0.2) is 6.23 Å². The minimum atomic E-state index is -0.927. The summed E-state index contributed by atoms with van der Waals surface area (Å²) in [6, 6.07) is 28.6. The number of aliphatic hydroxyl groups excluding tert-OH is 2. The average molecular weight is 729 g/mol. The van der Waals surface area contributed by atoms with Crippen LogP contribution < -0.4 is 24.4 Å². The van der Waals surface area contributed by atoms with E-state index in [1.807, 2.05) is 36.4 Å². The van der Waals surface area contributed by atoms with Crippen molar-refractivity contribution in [3.63, 3.8) is 0 Å². The minimum Gasteiger partial charge on any atom is -0.497 e. The third-order valence-electron chi connectivity index (χ3n) is 8.87. The smallest absolute Gasteiger partial charge is 0.293 e. The summed E-state index contributed by atoms with van der Waals surface area (Å²) in [5.41, 5.74) is 3.64. The van der Waals surface area contributed by atoms with Crippen molar-refractivity contribution in [1.82, 2.24) is 5.32 Å². The van der Waals surface area contributed by atoms with Crippen molar-refractivity contribution >= 4 is 45.6 Å². The maximum Gasteiger partial charge on any atom is 0.293 e. The molecule has 3 aliphatic rings. The topological polar surface area (TPSA) is 147 Å². The van der Waals surface area contributed by atoms with E-state index in [0.717, 1.165) is 22.9 Å². The number of fused-ring (bicyclic) bond motifs is 1. The second-order valence-electron chi connectivity index (χ2n) is 12.4. The van der Waals surface area contributed by atoms with E-state index in [9.17, 15) is 24.6 Å². The minimum absolute atomic E-state index is 0.0150. The lowest BCUT2D eigenvalue weighted by Gasteiger charge is -2.18. The van der Waals surface area contributed by atoms with Crippen LogP contribution in [0.1, 0.15) is 34.5 Å². The number of amides is 3. The molecule has 3 heterocycles. The zero-order chi connectivity index (χ0) is 35.5. The molecule has 3 fully saturated rings. The van der Waals surface area contributed by atoms with Crippen LogP contribution in [0.25, 0.3) is 0 Å². The molecule has 0 aliphatic carbocycles. The highest BCUT2D eigenvalue weighted by Gasteiger charge is 2.50. The Morgan fingerprint density at radius 3 is 2.04 bits per heavy atom. The number of thioether (sulfide) groups is 2. The van der Waals surface area contributed by atoms with Gasteiger partial charge < -0.3 is 34.5 Å². The van der Waals surface area contributed by atoms with Crippen molar-refractivity contribution in [2.75, 3.05) is 25.2 Å². The van der Waals surface area contributed by atoms with Crippen molar-refractivity contribution in [2.24, 2.45) is 0 Å². The van der Waals surface area contributed by atoms with Crippen LogP contribution in [-0.2, 0) is 22.4 Å². The first-order valence-electron chi connectivity index (χ1n) is 16.4. The van der Waals surface area contributed by atoms with E-state index < -0.39 is 17.5 Å². The van der Waals surface area contributed by atoms with Gasteiger partial charge in [0.2, 0.25) is 5.91 Å². The van der Waals surface area contributed by atoms with Crippen LogP contribution in [0, 0.1) is 0 Å². The van der Waals surface area contributed by atoms with E-state index in [-0.39, 0.29) is 47.2 Å². The Balaban J connectivity index is 0.876. The van der Waals surface area contributed by atoms with Gasteiger partial charge in [0.05, 0.1) is 18.0 Å². The Hall–Kier alpha value is -4.53. The van der Waals surface area contributed by atoms with E-state index >= 15 is 0 Å². The number of carbonyl (C=O) groups is 3. The van der Waals surface area contributed by atoms with Gasteiger partial charge in [-0.1, -0.05) is 72.1 Å². The monoisotopic (exact) mass is 728 g/mol. The predicted molar refractivity (Wildman–Crippen MR) is 193 cm³/mol. The van der Waals surface area contributed by atoms with Crippen LogP contribution in [0.4, 0.5) is 15.3 Å². The summed E-state index contributed by atoms with van der Waals surface area (Å²) in [6.07, 6.45) is -0.798. The SMILES string of the molecule is COc1cccc([C@H](O)COc2ccc(CC3SC(=O)N(c4ccc([C@H](O)COc5ccc(CC6SC(=O)NC7OC76)cc5)cc4)C3=O)cc2)c1. The lowest BCUT2D eigenvalue weighted by Crippen LogP contribution is -2.35. The van der Waals surface area contributed by atoms with Gasteiger partial charge in [-0.3, -0.25) is 14.4 Å². The number of aliphatic hydroxyl groups is 2. The van der Waals surface area contributed by atoms with Crippen LogP contribution in [-0.4, -0.2) is 69.8 Å². The quantitative estimate of drug-likeness (QED) is 0.135. The highest BCUT2D eigenvalue weighted by atomic mass is 32.2. The molecule has 3 aliphatic heterocycles. The number of epoxide rings is 1. The fourth-order valence-electron chi connectivity index (χ4n) is 5.98. The van der Waals surface area contributed by atoms with Gasteiger partial charge in [-0.2, -0.15) is 0 Å². The number of benzene rings is 4. The number of carbonyl (C=O) groups excluding carboxylic acids is 3. The molecule has 11 nitrogen and oxygen atoms in total. The van der Waals surface area contributed by atoms with Crippen LogP contribution in [0.3, 0.4) is 0 Å². The summed E-state index contributed by atoms with van der Waals surface area (Å²) in [5.74, 6) is 1.52. The number of rotatable bonds is 14. The summed E-state index contributed by atoms with van der Waals surface area (Å²) >= 11 is 2.25. The molecule has 0 saturated carbocycles. The highest BCUT2D eigenvalue weighted by Crippen LogP contribution is 2.38. The summed E-state index contributed by atoms with van der Waals surface area (Å²) in [5, 5.41) is 23.1. The van der Waals surface area contributed by atoms with Crippen molar-refractivity contribution in [3.05, 3.63) is 119 Å². The number of anilines is 1. The van der Waals surface area contributed by atoms with Gasteiger partial charge >= 0.3 is 0 Å². The Morgan fingerprint density at radius 1 is 0.765 bits per heavy atom. The third-order valence-corrected chi connectivity index (χ3v) is 11.0.